The van der Waals surface area contributed by atoms with Crippen molar-refractivity contribution in [1.29, 1.82) is 0 Å². The molecule has 1 aromatic heterocycles. The number of rotatable bonds is 1. The van der Waals surface area contributed by atoms with Gasteiger partial charge in [-0.1, -0.05) is 0 Å². The summed E-state index contributed by atoms with van der Waals surface area (Å²) in [6.45, 7) is 0. The van der Waals surface area contributed by atoms with Crippen LogP contribution in [0.15, 0.2) is 18.6 Å². The second kappa shape index (κ2) is 3.53. The largest absolute Gasteiger partial charge is 0.393 e. The number of carbonyl (C=O) groups excluding carboxylic acids is 2. The van der Waals surface area contributed by atoms with Crippen LogP contribution in [0.25, 0.3) is 0 Å². The molecule has 0 aliphatic carbocycles. The summed E-state index contributed by atoms with van der Waals surface area (Å²) >= 11 is 0. The van der Waals surface area contributed by atoms with Gasteiger partial charge in [-0.15, -0.1) is 0 Å². The van der Waals surface area contributed by atoms with E-state index < -0.39 is 11.9 Å². The average molecular weight is 192 g/mol. The minimum atomic E-state index is -0.482. The minimum Gasteiger partial charge on any atom is -0.393 e. The molecular weight excluding hydrogens is 184 g/mol. The lowest BCUT2D eigenvalue weighted by Gasteiger charge is -2.18. The Labute approximate surface area is 80.1 Å². The van der Waals surface area contributed by atoms with E-state index in [0.29, 0.717) is 5.69 Å². The fourth-order valence-corrected chi connectivity index (χ4v) is 1.44. The third kappa shape index (κ3) is 1.76. The van der Waals surface area contributed by atoms with Crippen molar-refractivity contribution in [3.05, 3.63) is 24.3 Å². The highest BCUT2D eigenvalue weighted by atomic mass is 16.6. The maximum Gasteiger partial charge on any atom is 0.314 e. The van der Waals surface area contributed by atoms with Crippen molar-refractivity contribution in [2.24, 2.45) is 0 Å². The smallest absolute Gasteiger partial charge is 0.314 e. The number of nitrogens with zero attached hydrogens (tertiary/aromatic N) is 2. The van der Waals surface area contributed by atoms with Crippen LogP contribution in [-0.4, -0.2) is 21.9 Å². The van der Waals surface area contributed by atoms with Crippen LogP contribution in [-0.2, 0) is 14.3 Å². The van der Waals surface area contributed by atoms with Crippen LogP contribution >= 0.6 is 0 Å². The zero-order valence-corrected chi connectivity index (χ0v) is 7.34. The van der Waals surface area contributed by atoms with E-state index in [-0.39, 0.29) is 18.8 Å². The van der Waals surface area contributed by atoms with Crippen LogP contribution in [0, 0.1) is 0 Å². The van der Waals surface area contributed by atoms with Crippen LogP contribution in [0.5, 0.6) is 0 Å². The predicted molar refractivity (Wildman–Crippen MR) is 45.1 cm³/mol. The van der Waals surface area contributed by atoms with Gasteiger partial charge in [0, 0.05) is 17.8 Å². The molecular formula is C9H8N2O3. The van der Waals surface area contributed by atoms with Crippen molar-refractivity contribution in [2.75, 3.05) is 0 Å². The van der Waals surface area contributed by atoms with Crippen molar-refractivity contribution in [2.45, 2.75) is 18.8 Å². The lowest BCUT2D eigenvalue weighted by molar-refractivity contribution is -0.164. The molecule has 0 unspecified atom stereocenters. The van der Waals surface area contributed by atoms with Crippen LogP contribution < -0.4 is 0 Å². The summed E-state index contributed by atoms with van der Waals surface area (Å²) in [5.41, 5.74) is 0.713. The van der Waals surface area contributed by atoms with Gasteiger partial charge in [-0.25, -0.2) is 9.97 Å². The summed E-state index contributed by atoms with van der Waals surface area (Å²) in [5, 5.41) is 0. The normalized spacial score (nSPS) is 18.0. The number of ether oxygens (including phenoxy) is 1. The number of hydrogen-bond acceptors (Lipinski definition) is 5. The summed E-state index contributed by atoms with van der Waals surface area (Å²) in [6, 6.07) is 1.70. The molecule has 1 saturated heterocycles. The van der Waals surface area contributed by atoms with Gasteiger partial charge in [0.2, 0.25) is 0 Å². The van der Waals surface area contributed by atoms with Gasteiger partial charge < -0.3 is 4.74 Å². The molecule has 0 amide bonds. The van der Waals surface area contributed by atoms with Crippen molar-refractivity contribution in [3.63, 3.8) is 0 Å². The van der Waals surface area contributed by atoms with E-state index in [1.165, 1.54) is 6.33 Å². The Morgan fingerprint density at radius 2 is 2.00 bits per heavy atom. The molecule has 14 heavy (non-hydrogen) atoms. The van der Waals surface area contributed by atoms with E-state index in [1.807, 2.05) is 0 Å². The number of carbonyl (C=O) groups is 2. The van der Waals surface area contributed by atoms with Crippen molar-refractivity contribution >= 4 is 11.9 Å². The number of cyclic esters (lactones) is 2. The average Bonchev–Trinajstić information content (AvgIpc) is 2.18. The van der Waals surface area contributed by atoms with Gasteiger partial charge in [-0.05, 0) is 6.07 Å². The molecule has 1 aliphatic heterocycles. The predicted octanol–water partition coefficient (Wildman–Crippen LogP) is 0.424. The molecule has 0 bridgehead atoms. The Hall–Kier alpha value is -1.78. The molecule has 2 rings (SSSR count). The molecule has 5 nitrogen and oxygen atoms in total. The number of hydrogen-bond donors (Lipinski definition) is 0. The second-order valence-corrected chi connectivity index (χ2v) is 3.09. The highest BCUT2D eigenvalue weighted by Crippen LogP contribution is 2.25. The van der Waals surface area contributed by atoms with Crippen LogP contribution in [0.1, 0.15) is 24.5 Å². The summed E-state index contributed by atoms with van der Waals surface area (Å²) in [6.07, 6.45) is 3.41. The first-order valence-electron chi connectivity index (χ1n) is 4.25. The molecule has 0 radical (unpaired) electrons. The monoisotopic (exact) mass is 192 g/mol. The van der Waals surface area contributed by atoms with E-state index in [4.69, 9.17) is 0 Å². The highest BCUT2D eigenvalue weighted by molar-refractivity contribution is 5.89. The Morgan fingerprint density at radius 1 is 1.29 bits per heavy atom. The van der Waals surface area contributed by atoms with Crippen molar-refractivity contribution in [1.82, 2.24) is 9.97 Å². The Bertz CT molecular complexity index is 348. The van der Waals surface area contributed by atoms with Gasteiger partial charge in [0.15, 0.2) is 0 Å². The maximum atomic E-state index is 11.0. The summed E-state index contributed by atoms with van der Waals surface area (Å²) in [4.78, 5) is 29.7. The quantitative estimate of drug-likeness (QED) is 0.476. The summed E-state index contributed by atoms with van der Waals surface area (Å²) < 4.78 is 4.42. The molecule has 1 fully saturated rings. The maximum absolute atomic E-state index is 11.0. The fraction of sp³-hybridized carbons (Fsp3) is 0.333. The highest BCUT2D eigenvalue weighted by Gasteiger charge is 2.28. The molecule has 1 aromatic rings. The Balaban J connectivity index is 2.19. The standard InChI is InChI=1S/C9H8N2O3/c12-8-3-6(4-9(13)14-8)7-1-2-10-5-11-7/h1-2,5-6H,3-4H2. The fourth-order valence-electron chi connectivity index (χ4n) is 1.44. The van der Waals surface area contributed by atoms with E-state index in [2.05, 4.69) is 14.7 Å². The van der Waals surface area contributed by atoms with E-state index in [9.17, 15) is 9.59 Å². The van der Waals surface area contributed by atoms with Crippen LogP contribution in [0.3, 0.4) is 0 Å². The van der Waals surface area contributed by atoms with Crippen molar-refractivity contribution < 1.29 is 14.3 Å². The summed E-state index contributed by atoms with van der Waals surface area (Å²) in [7, 11) is 0. The first-order chi connectivity index (χ1) is 6.75. The molecule has 0 aromatic carbocycles. The molecule has 72 valence electrons. The molecule has 0 saturated carbocycles. The first kappa shape index (κ1) is 8.80. The summed E-state index contributed by atoms with van der Waals surface area (Å²) in [5.74, 6) is -1.12. The Kier molecular flexibility index (Phi) is 2.22. The minimum absolute atomic E-state index is 0.160. The van der Waals surface area contributed by atoms with Gasteiger partial charge in [0.05, 0.1) is 12.8 Å². The van der Waals surface area contributed by atoms with E-state index in [0.717, 1.165) is 0 Å². The lowest BCUT2D eigenvalue weighted by atomic mass is 9.96. The van der Waals surface area contributed by atoms with Gasteiger partial charge in [-0.2, -0.15) is 0 Å². The molecule has 2 heterocycles. The molecule has 1 aliphatic rings. The third-order valence-corrected chi connectivity index (χ3v) is 2.08. The molecule has 0 atom stereocenters. The van der Waals surface area contributed by atoms with Crippen LogP contribution in [0.2, 0.25) is 0 Å². The van der Waals surface area contributed by atoms with Gasteiger partial charge in [0.25, 0.3) is 0 Å². The number of aromatic nitrogens is 2. The van der Waals surface area contributed by atoms with Gasteiger partial charge in [0.1, 0.15) is 6.33 Å². The molecule has 5 heteroatoms. The third-order valence-electron chi connectivity index (χ3n) is 2.08. The zero-order valence-electron chi connectivity index (χ0n) is 7.34. The lowest BCUT2D eigenvalue weighted by Crippen LogP contribution is -2.24. The van der Waals surface area contributed by atoms with Crippen molar-refractivity contribution in [3.8, 4) is 0 Å². The van der Waals surface area contributed by atoms with E-state index in [1.54, 1.807) is 12.3 Å². The van der Waals surface area contributed by atoms with Gasteiger partial charge in [-0.3, -0.25) is 9.59 Å². The molecule has 0 N–H and O–H groups in total. The second-order valence-electron chi connectivity index (χ2n) is 3.09. The topological polar surface area (TPSA) is 69.2 Å². The first-order valence-corrected chi connectivity index (χ1v) is 4.25. The van der Waals surface area contributed by atoms with Crippen LogP contribution in [0.4, 0.5) is 0 Å². The zero-order chi connectivity index (χ0) is 9.97. The van der Waals surface area contributed by atoms with E-state index >= 15 is 0 Å². The molecule has 0 spiro atoms. The number of esters is 2. The Morgan fingerprint density at radius 3 is 2.57 bits per heavy atom. The van der Waals surface area contributed by atoms with Gasteiger partial charge >= 0.3 is 11.9 Å². The SMILES string of the molecule is O=C1CC(c2ccncn2)CC(=O)O1.